The number of rotatable bonds is 4. The Morgan fingerprint density at radius 1 is 1.62 bits per heavy atom. The molecule has 0 aliphatic heterocycles. The van der Waals surface area contributed by atoms with Gasteiger partial charge in [0.25, 0.3) is 0 Å². The van der Waals surface area contributed by atoms with Crippen molar-refractivity contribution in [2.24, 2.45) is 0 Å². The van der Waals surface area contributed by atoms with Gasteiger partial charge in [-0.15, -0.1) is 0 Å². The number of aryl methyl sites for hydroxylation is 1. The van der Waals surface area contributed by atoms with Gasteiger partial charge in [0.1, 0.15) is 0 Å². The van der Waals surface area contributed by atoms with E-state index in [0.717, 1.165) is 6.42 Å². The summed E-state index contributed by atoms with van der Waals surface area (Å²) in [6.07, 6.45) is 6.64. The van der Waals surface area contributed by atoms with Gasteiger partial charge in [-0.3, -0.25) is 0 Å². The van der Waals surface area contributed by atoms with E-state index < -0.39 is 0 Å². The van der Waals surface area contributed by atoms with E-state index in [-0.39, 0.29) is 0 Å². The zero-order valence-electron chi connectivity index (χ0n) is 7.49. The van der Waals surface area contributed by atoms with Crippen LogP contribution in [0.5, 0.6) is 0 Å². The van der Waals surface area contributed by atoms with Gasteiger partial charge in [0.15, 0.2) is 0 Å². The first-order valence-corrected chi connectivity index (χ1v) is 6.41. The van der Waals surface area contributed by atoms with E-state index in [1.165, 1.54) is 33.0 Å². The van der Waals surface area contributed by atoms with Crippen molar-refractivity contribution in [3.05, 3.63) is 46.7 Å². The third-order valence-electron chi connectivity index (χ3n) is 1.61. The number of hydrogen-bond acceptors (Lipinski definition) is 1. The van der Waals surface area contributed by atoms with Crippen LogP contribution in [-0.2, 0) is 25.8 Å². The van der Waals surface area contributed by atoms with Gasteiger partial charge in [-0.05, 0) is 0 Å². The fourth-order valence-electron chi connectivity index (χ4n) is 0.925. The molecule has 0 aliphatic rings. The molecular weight excluding hydrogens is 348 g/mol. The Bertz CT molecular complexity index is 334. The predicted octanol–water partition coefficient (Wildman–Crippen LogP) is 2.92. The standard InChI is InChI=1S/C11H11S.W/c1-3-5-6-7-11-9-8-10(4-2)12-11;/h1,3,5-6,8-9H,4H2,2H3;/q-1;/b6-5-;. The van der Waals surface area contributed by atoms with Crippen LogP contribution in [0.2, 0.25) is 0 Å². The molecule has 0 aliphatic carbocycles. The van der Waals surface area contributed by atoms with Crippen molar-refractivity contribution >= 4 is 15.2 Å². The average Bonchev–Trinajstić information content (AvgIpc) is 2.62. The molecule has 2 heteroatoms. The van der Waals surface area contributed by atoms with E-state index in [1.54, 1.807) is 6.08 Å². The second kappa shape index (κ2) is 5.46. The first kappa shape index (κ1) is 10.8. The Morgan fingerprint density at radius 3 is 2.92 bits per heavy atom. The molecule has 0 nitrogen and oxygen atoms in total. The summed E-state index contributed by atoms with van der Waals surface area (Å²) in [6.45, 7) is 7.46. The Morgan fingerprint density at radius 2 is 2.38 bits per heavy atom. The van der Waals surface area contributed by atoms with Gasteiger partial charge in [0.2, 0.25) is 0 Å². The van der Waals surface area contributed by atoms with Crippen molar-refractivity contribution in [2.45, 2.75) is 13.3 Å². The normalized spacial score (nSPS) is 10.5. The summed E-state index contributed by atoms with van der Waals surface area (Å²) in [4.78, 5) is 2.81. The third kappa shape index (κ3) is 3.17. The summed E-state index contributed by atoms with van der Waals surface area (Å²) in [5.74, 6) is 0. The van der Waals surface area contributed by atoms with Crippen LogP contribution in [0.3, 0.4) is 0 Å². The van der Waals surface area contributed by atoms with Gasteiger partial charge >= 0.3 is 94.6 Å². The van der Waals surface area contributed by atoms with Gasteiger partial charge in [0, 0.05) is 0 Å². The summed E-state index contributed by atoms with van der Waals surface area (Å²) in [5.41, 5.74) is 0. The third-order valence-corrected chi connectivity index (χ3v) is 4.67. The van der Waals surface area contributed by atoms with Crippen LogP contribution < -0.4 is 0 Å². The van der Waals surface area contributed by atoms with Crippen molar-refractivity contribution in [3.8, 4) is 0 Å². The Labute approximate surface area is 94.4 Å². The Kier molecular flexibility index (Phi) is 4.55. The monoisotopic (exact) mass is 359 g/mol. The zero-order valence-corrected chi connectivity index (χ0v) is 11.2. The van der Waals surface area contributed by atoms with Crippen molar-refractivity contribution in [1.82, 2.24) is 0 Å². The first-order valence-electron chi connectivity index (χ1n) is 4.12. The quantitative estimate of drug-likeness (QED) is 0.573. The molecule has 1 rings (SSSR count). The summed E-state index contributed by atoms with van der Waals surface area (Å²) in [5, 5.41) is 0. The van der Waals surface area contributed by atoms with Gasteiger partial charge in [0.05, 0.1) is 0 Å². The molecule has 0 aromatic carbocycles. The predicted molar refractivity (Wildman–Crippen MR) is 55.8 cm³/mol. The second-order valence-electron chi connectivity index (χ2n) is 2.54. The van der Waals surface area contributed by atoms with E-state index in [2.05, 4.69) is 25.1 Å². The minimum absolute atomic E-state index is 1.13. The summed E-state index contributed by atoms with van der Waals surface area (Å²) < 4.78 is 1.35. The molecule has 1 aromatic rings. The van der Waals surface area contributed by atoms with Gasteiger partial charge < -0.3 is 0 Å². The molecule has 0 saturated heterocycles. The summed E-state index contributed by atoms with van der Waals surface area (Å²) >= 11 is 3.35. The molecule has 0 bridgehead atoms. The molecule has 0 spiro atoms. The molecule has 0 unspecified atom stereocenters. The maximum atomic E-state index is 5.27. The minimum atomic E-state index is 1.13. The molecule has 0 N–H and O–H groups in total. The van der Waals surface area contributed by atoms with Crippen LogP contribution in [0.4, 0.5) is 0 Å². The maximum absolute atomic E-state index is 5.27. The topological polar surface area (TPSA) is 0 Å². The van der Waals surface area contributed by atoms with Crippen LogP contribution in [-0.4, -0.2) is 3.90 Å². The molecule has 1 heterocycles. The van der Waals surface area contributed by atoms with Gasteiger partial charge in [-0.2, -0.15) is 0 Å². The van der Waals surface area contributed by atoms with Gasteiger partial charge in [-0.1, -0.05) is 0 Å². The number of allylic oxidation sites excluding steroid dienone is 3. The number of hydrogen-bond donors (Lipinski definition) is 0. The Balaban J connectivity index is 2.77. The van der Waals surface area contributed by atoms with E-state index in [4.69, 9.17) is 6.58 Å². The van der Waals surface area contributed by atoms with Crippen LogP contribution in [0.15, 0.2) is 30.4 Å². The van der Waals surface area contributed by atoms with Crippen molar-refractivity contribution in [3.63, 3.8) is 0 Å². The van der Waals surface area contributed by atoms with Gasteiger partial charge in [-0.25, -0.2) is 0 Å². The average molecular weight is 359 g/mol. The fourth-order valence-corrected chi connectivity index (χ4v) is 2.77. The molecule has 1 aromatic heterocycles. The van der Waals surface area contributed by atoms with Crippen molar-refractivity contribution in [1.29, 1.82) is 0 Å². The molecule has 68 valence electrons. The van der Waals surface area contributed by atoms with E-state index in [9.17, 15) is 0 Å². The molecule has 0 amide bonds. The van der Waals surface area contributed by atoms with E-state index in [0.29, 0.717) is 0 Å². The summed E-state index contributed by atoms with van der Waals surface area (Å²) in [7, 11) is 0. The second-order valence-corrected chi connectivity index (χ2v) is 5.28. The molecule has 0 radical (unpaired) electrons. The fraction of sp³-hybridized carbons (Fsp3) is 0.182. The van der Waals surface area contributed by atoms with E-state index >= 15 is 0 Å². The molecule has 13 heavy (non-hydrogen) atoms. The number of thiophene rings is 1. The van der Waals surface area contributed by atoms with Crippen LogP contribution in [0, 0.1) is 6.58 Å². The molecule has 0 saturated carbocycles. The van der Waals surface area contributed by atoms with Crippen LogP contribution in [0.1, 0.15) is 16.7 Å². The van der Waals surface area contributed by atoms with E-state index in [1.807, 2.05) is 17.4 Å². The molecule has 0 fully saturated rings. The van der Waals surface area contributed by atoms with Crippen LogP contribution in [0.25, 0.3) is 0 Å². The Hall–Kier alpha value is -0.262. The summed E-state index contributed by atoms with van der Waals surface area (Å²) in [6, 6.07) is 4.38. The van der Waals surface area contributed by atoms with Crippen molar-refractivity contribution in [2.75, 3.05) is 0 Å². The first-order chi connectivity index (χ1) is 6.27. The molecular formula is C11H11SW-. The molecule has 0 atom stereocenters. The SMILES string of the molecule is [CH-]=C/C=C\[C](=[W])c1ccc(CC)s1. The van der Waals surface area contributed by atoms with Crippen LogP contribution >= 0.6 is 11.3 Å². The van der Waals surface area contributed by atoms with Crippen molar-refractivity contribution < 1.29 is 19.4 Å². The zero-order chi connectivity index (χ0) is 9.68.